The third-order valence-corrected chi connectivity index (χ3v) is 6.62. The number of halogens is 1. The van der Waals surface area contributed by atoms with Gasteiger partial charge in [-0.15, -0.1) is 10.2 Å². The molecular weight excluding hydrogens is 464 g/mol. The second kappa shape index (κ2) is 10.0. The van der Waals surface area contributed by atoms with Gasteiger partial charge in [-0.25, -0.2) is 4.79 Å². The van der Waals surface area contributed by atoms with E-state index in [1.54, 1.807) is 32.9 Å². The Bertz CT molecular complexity index is 1190. The Kier molecular flexibility index (Phi) is 7.09. The van der Waals surface area contributed by atoms with Gasteiger partial charge >= 0.3 is 5.97 Å². The molecule has 2 aromatic heterocycles. The molecule has 0 aliphatic heterocycles. The fourth-order valence-electron chi connectivity index (χ4n) is 3.69. The molecule has 4 rings (SSSR count). The normalized spacial score (nSPS) is 13.2. The van der Waals surface area contributed by atoms with Crippen LogP contribution in [0.2, 0.25) is 5.02 Å². The smallest absolute Gasteiger partial charge is 0.355 e. The summed E-state index contributed by atoms with van der Waals surface area (Å²) in [5.74, 6) is 0.927. The molecule has 0 saturated heterocycles. The van der Waals surface area contributed by atoms with Crippen LogP contribution < -0.4 is 4.74 Å². The molecule has 1 aliphatic carbocycles. The topological polar surface area (TPSA) is 99.1 Å². The summed E-state index contributed by atoms with van der Waals surface area (Å²) >= 11 is 7.51. The zero-order chi connectivity index (χ0) is 23.5. The number of aryl methyl sites for hydroxylation is 1. The van der Waals surface area contributed by atoms with E-state index < -0.39 is 5.97 Å². The molecule has 8 nitrogen and oxygen atoms in total. The summed E-state index contributed by atoms with van der Waals surface area (Å²) in [7, 11) is 0. The number of aromatic amines is 1. The average Bonchev–Trinajstić information content (AvgIpc) is 3.47. The van der Waals surface area contributed by atoms with E-state index in [-0.39, 0.29) is 24.7 Å². The Morgan fingerprint density at radius 3 is 2.70 bits per heavy atom. The van der Waals surface area contributed by atoms with E-state index in [1.807, 2.05) is 12.1 Å². The number of carbonyl (C=O) groups excluding carboxylic acids is 2. The first-order valence-electron chi connectivity index (χ1n) is 10.7. The predicted molar refractivity (Wildman–Crippen MR) is 125 cm³/mol. The number of esters is 1. The van der Waals surface area contributed by atoms with Gasteiger partial charge in [-0.05, 0) is 51.3 Å². The lowest BCUT2D eigenvalue weighted by molar-refractivity contribution is 0.0519. The summed E-state index contributed by atoms with van der Waals surface area (Å²) in [5, 5.41) is 9.83. The van der Waals surface area contributed by atoms with Gasteiger partial charge in [-0.1, -0.05) is 35.5 Å². The molecular formula is C23H25ClN4O4S. The zero-order valence-electron chi connectivity index (χ0n) is 18.7. The number of ether oxygens (including phenoxy) is 2. The van der Waals surface area contributed by atoms with Crippen LogP contribution in [-0.2, 0) is 11.3 Å². The number of aromatic nitrogens is 4. The molecule has 0 radical (unpaired) electrons. The van der Waals surface area contributed by atoms with Gasteiger partial charge in [0.1, 0.15) is 18.1 Å². The van der Waals surface area contributed by atoms with Gasteiger partial charge < -0.3 is 14.5 Å². The van der Waals surface area contributed by atoms with Crippen LogP contribution in [0.25, 0.3) is 0 Å². The summed E-state index contributed by atoms with van der Waals surface area (Å²) in [5.41, 5.74) is 2.10. The Morgan fingerprint density at radius 1 is 1.24 bits per heavy atom. The molecule has 0 spiro atoms. The number of thioether (sulfide) groups is 1. The second-order valence-corrected chi connectivity index (χ2v) is 9.13. The first-order chi connectivity index (χ1) is 15.9. The highest BCUT2D eigenvalue weighted by molar-refractivity contribution is 7.99. The molecule has 3 aromatic rings. The van der Waals surface area contributed by atoms with Crippen molar-refractivity contribution in [2.75, 3.05) is 12.4 Å². The lowest BCUT2D eigenvalue weighted by Crippen LogP contribution is -2.10. The minimum atomic E-state index is -0.457. The van der Waals surface area contributed by atoms with Crippen molar-refractivity contribution in [1.82, 2.24) is 19.7 Å². The van der Waals surface area contributed by atoms with Gasteiger partial charge in [0.2, 0.25) is 0 Å². The summed E-state index contributed by atoms with van der Waals surface area (Å²) in [6.45, 7) is 5.79. The molecule has 0 atom stereocenters. The quantitative estimate of drug-likeness (QED) is 0.245. The van der Waals surface area contributed by atoms with Gasteiger partial charge in [0, 0.05) is 17.3 Å². The van der Waals surface area contributed by atoms with Crippen molar-refractivity contribution in [3.05, 3.63) is 57.6 Å². The predicted octanol–water partition coefficient (Wildman–Crippen LogP) is 4.94. The minimum absolute atomic E-state index is 0.0824. The third-order valence-electron chi connectivity index (χ3n) is 5.37. The molecule has 10 heteroatoms. The van der Waals surface area contributed by atoms with Crippen LogP contribution in [0.4, 0.5) is 0 Å². The van der Waals surface area contributed by atoms with Crippen molar-refractivity contribution in [3.63, 3.8) is 0 Å². The highest BCUT2D eigenvalue weighted by atomic mass is 35.5. The highest BCUT2D eigenvalue weighted by Crippen LogP contribution is 2.39. The van der Waals surface area contributed by atoms with Gasteiger partial charge in [-0.3, -0.25) is 9.36 Å². The lowest BCUT2D eigenvalue weighted by Gasteiger charge is -2.10. The number of nitrogens with zero attached hydrogens (tertiary/aromatic N) is 3. The molecule has 174 valence electrons. The molecule has 1 N–H and O–H groups in total. The van der Waals surface area contributed by atoms with Crippen molar-refractivity contribution in [2.45, 2.75) is 51.4 Å². The Morgan fingerprint density at radius 2 is 2.00 bits per heavy atom. The van der Waals surface area contributed by atoms with Gasteiger partial charge in [0.25, 0.3) is 0 Å². The highest BCUT2D eigenvalue weighted by Gasteiger charge is 2.30. The second-order valence-electron chi connectivity index (χ2n) is 7.78. The number of hydrogen-bond acceptors (Lipinski definition) is 7. The Labute approximate surface area is 201 Å². The molecule has 0 unspecified atom stereocenters. The first-order valence-corrected chi connectivity index (χ1v) is 12.1. The number of benzene rings is 1. The van der Waals surface area contributed by atoms with E-state index in [9.17, 15) is 9.59 Å². The summed E-state index contributed by atoms with van der Waals surface area (Å²) in [6.07, 6.45) is 2.08. The SMILES string of the molecule is CCOC(=O)c1[nH]c(C)c(C(=O)CSc2nnc(COc3ccccc3Cl)n2C2CC2)c1C. The van der Waals surface area contributed by atoms with E-state index >= 15 is 0 Å². The van der Waals surface area contributed by atoms with E-state index in [0.29, 0.717) is 50.3 Å². The molecule has 1 aromatic carbocycles. The number of carbonyl (C=O) groups is 2. The van der Waals surface area contributed by atoms with Crippen molar-refractivity contribution in [2.24, 2.45) is 0 Å². The standard InChI is InChI=1S/C23H25ClN4O4S/c1-4-31-22(30)21-13(2)20(14(3)25-21)17(29)12-33-23-27-26-19(28(23)15-9-10-15)11-32-18-8-6-5-7-16(18)24/h5-8,15,25H,4,9-12H2,1-3H3. The number of H-pyrrole nitrogens is 1. The van der Waals surface area contributed by atoms with Crippen LogP contribution in [0, 0.1) is 13.8 Å². The molecule has 0 bridgehead atoms. The maximum atomic E-state index is 13.0. The van der Waals surface area contributed by atoms with E-state index in [4.69, 9.17) is 21.1 Å². The fourth-order valence-corrected chi connectivity index (χ4v) is 4.77. The number of Topliss-reactive ketones (excluding diaryl/α,β-unsaturated/α-hetero) is 1. The van der Waals surface area contributed by atoms with E-state index in [2.05, 4.69) is 19.7 Å². The summed E-state index contributed by atoms with van der Waals surface area (Å²) in [4.78, 5) is 28.1. The van der Waals surface area contributed by atoms with Crippen LogP contribution in [0.5, 0.6) is 5.75 Å². The van der Waals surface area contributed by atoms with Crippen LogP contribution in [0.3, 0.4) is 0 Å². The Balaban J connectivity index is 1.46. The lowest BCUT2D eigenvalue weighted by atomic mass is 10.1. The Hall–Kier alpha value is -2.78. The molecule has 1 saturated carbocycles. The fraction of sp³-hybridized carbons (Fsp3) is 0.391. The summed E-state index contributed by atoms with van der Waals surface area (Å²) in [6, 6.07) is 7.59. The van der Waals surface area contributed by atoms with Crippen LogP contribution >= 0.6 is 23.4 Å². The van der Waals surface area contributed by atoms with Crippen molar-refractivity contribution >= 4 is 35.1 Å². The maximum absolute atomic E-state index is 13.0. The molecule has 0 amide bonds. The molecule has 2 heterocycles. The van der Waals surface area contributed by atoms with Crippen molar-refractivity contribution < 1.29 is 19.1 Å². The van der Waals surface area contributed by atoms with Gasteiger partial charge in [0.05, 0.1) is 17.4 Å². The number of nitrogens with one attached hydrogen (secondary N) is 1. The van der Waals surface area contributed by atoms with Crippen LogP contribution in [-0.4, -0.2) is 43.9 Å². The number of hydrogen-bond donors (Lipinski definition) is 1. The first kappa shape index (κ1) is 23.4. The van der Waals surface area contributed by atoms with E-state index in [0.717, 1.165) is 12.8 Å². The molecule has 1 fully saturated rings. The van der Waals surface area contributed by atoms with Crippen molar-refractivity contribution in [3.8, 4) is 5.75 Å². The zero-order valence-corrected chi connectivity index (χ0v) is 20.3. The van der Waals surface area contributed by atoms with Crippen LogP contribution in [0.15, 0.2) is 29.4 Å². The van der Waals surface area contributed by atoms with E-state index in [1.165, 1.54) is 11.8 Å². The number of para-hydroxylation sites is 1. The maximum Gasteiger partial charge on any atom is 0.355 e. The van der Waals surface area contributed by atoms with Crippen molar-refractivity contribution in [1.29, 1.82) is 0 Å². The van der Waals surface area contributed by atoms with Crippen LogP contribution in [0.1, 0.15) is 63.7 Å². The summed E-state index contributed by atoms with van der Waals surface area (Å²) < 4.78 is 13.0. The largest absolute Gasteiger partial charge is 0.484 e. The van der Waals surface area contributed by atoms with Gasteiger partial charge in [-0.2, -0.15) is 0 Å². The minimum Gasteiger partial charge on any atom is -0.484 e. The monoisotopic (exact) mass is 488 g/mol. The number of ketones is 1. The van der Waals surface area contributed by atoms with Gasteiger partial charge in [0.15, 0.2) is 16.8 Å². The average molecular weight is 489 g/mol. The third kappa shape index (κ3) is 5.09. The molecule has 33 heavy (non-hydrogen) atoms. The molecule has 1 aliphatic rings. The number of rotatable bonds is 10.